The van der Waals surface area contributed by atoms with Gasteiger partial charge in [0.2, 0.25) is 0 Å². The van der Waals surface area contributed by atoms with Crippen molar-refractivity contribution in [1.82, 2.24) is 4.98 Å². The molecule has 1 aromatic carbocycles. The number of aliphatic hydroxyl groups excluding tert-OH is 1. The van der Waals surface area contributed by atoms with Gasteiger partial charge in [0.15, 0.2) is 10.8 Å². The highest BCUT2D eigenvalue weighted by molar-refractivity contribution is 7.20. The molecule has 0 radical (unpaired) electrons. The third-order valence-corrected chi connectivity index (χ3v) is 3.40. The van der Waals surface area contributed by atoms with Gasteiger partial charge in [0.25, 0.3) is 0 Å². The van der Waals surface area contributed by atoms with Crippen LogP contribution in [-0.2, 0) is 0 Å². The number of fused-ring (bicyclic) bond motifs is 1. The fourth-order valence-corrected chi connectivity index (χ4v) is 2.37. The fourth-order valence-electron chi connectivity index (χ4n) is 1.44. The van der Waals surface area contributed by atoms with Crippen molar-refractivity contribution in [3.8, 4) is 0 Å². The van der Waals surface area contributed by atoms with Gasteiger partial charge < -0.3 is 5.11 Å². The number of carbonyl (C=O) groups excluding carboxylic acids is 1. The Morgan fingerprint density at radius 2 is 2.25 bits per heavy atom. The molecule has 1 heterocycles. The van der Waals surface area contributed by atoms with Crippen molar-refractivity contribution in [3.63, 3.8) is 0 Å². The van der Waals surface area contributed by atoms with Crippen LogP contribution in [0.1, 0.15) is 29.6 Å². The Labute approximate surface area is 97.8 Å². The SMILES string of the molecule is C[C@H](O)CCC(=O)c1nc2ccccc2s1. The minimum atomic E-state index is -0.432. The first-order chi connectivity index (χ1) is 7.66. The highest BCUT2D eigenvalue weighted by Gasteiger charge is 2.12. The van der Waals surface area contributed by atoms with Crippen LogP contribution < -0.4 is 0 Å². The van der Waals surface area contributed by atoms with E-state index in [0.29, 0.717) is 17.8 Å². The Kier molecular flexibility index (Phi) is 3.31. The number of rotatable bonds is 4. The smallest absolute Gasteiger partial charge is 0.191 e. The Balaban J connectivity index is 2.17. The Bertz CT molecular complexity index is 471. The number of Topliss-reactive ketones (excluding diaryl/α,β-unsaturated/α-hetero) is 1. The summed E-state index contributed by atoms with van der Waals surface area (Å²) < 4.78 is 1.03. The topological polar surface area (TPSA) is 50.2 Å². The number of ketones is 1. The summed E-state index contributed by atoms with van der Waals surface area (Å²) in [5.41, 5.74) is 0.868. The van der Waals surface area contributed by atoms with Gasteiger partial charge in [0.05, 0.1) is 16.3 Å². The van der Waals surface area contributed by atoms with E-state index >= 15 is 0 Å². The fraction of sp³-hybridized carbons (Fsp3) is 0.333. The molecule has 1 atom stereocenters. The lowest BCUT2D eigenvalue weighted by Gasteiger charge is -2.00. The second-order valence-corrected chi connectivity index (χ2v) is 4.83. The van der Waals surface area contributed by atoms with Crippen LogP contribution in [-0.4, -0.2) is 22.0 Å². The van der Waals surface area contributed by atoms with Gasteiger partial charge in [-0.2, -0.15) is 0 Å². The minimum absolute atomic E-state index is 0.0158. The molecule has 0 unspecified atom stereocenters. The van der Waals surface area contributed by atoms with Crippen LogP contribution in [0.25, 0.3) is 10.2 Å². The highest BCUT2D eigenvalue weighted by atomic mass is 32.1. The van der Waals surface area contributed by atoms with Gasteiger partial charge in [-0.15, -0.1) is 11.3 Å². The molecule has 0 aliphatic heterocycles. The van der Waals surface area contributed by atoms with Gasteiger partial charge in [-0.25, -0.2) is 4.98 Å². The zero-order valence-corrected chi connectivity index (χ0v) is 9.83. The molecule has 2 aromatic rings. The zero-order chi connectivity index (χ0) is 11.5. The van der Waals surface area contributed by atoms with Crippen LogP contribution in [0.4, 0.5) is 0 Å². The summed E-state index contributed by atoms with van der Waals surface area (Å²) in [7, 11) is 0. The van der Waals surface area contributed by atoms with Crippen molar-refractivity contribution in [2.45, 2.75) is 25.9 Å². The van der Waals surface area contributed by atoms with Crippen LogP contribution in [0.3, 0.4) is 0 Å². The van der Waals surface area contributed by atoms with E-state index in [9.17, 15) is 4.79 Å². The largest absolute Gasteiger partial charge is 0.393 e. The van der Waals surface area contributed by atoms with Crippen molar-refractivity contribution in [2.75, 3.05) is 0 Å². The summed E-state index contributed by atoms with van der Waals surface area (Å²) in [5, 5.41) is 9.66. The first-order valence-corrected chi connectivity index (χ1v) is 6.05. The van der Waals surface area contributed by atoms with Crippen LogP contribution in [0, 0.1) is 0 Å². The van der Waals surface area contributed by atoms with E-state index in [0.717, 1.165) is 10.2 Å². The van der Waals surface area contributed by atoms with E-state index < -0.39 is 6.10 Å². The molecule has 0 amide bonds. The highest BCUT2D eigenvalue weighted by Crippen LogP contribution is 2.22. The summed E-state index contributed by atoms with van der Waals surface area (Å²) in [6.07, 6.45) is 0.421. The molecule has 84 valence electrons. The second-order valence-electron chi connectivity index (χ2n) is 3.80. The number of aromatic nitrogens is 1. The maximum absolute atomic E-state index is 11.8. The second kappa shape index (κ2) is 4.72. The van der Waals surface area contributed by atoms with Crippen LogP contribution in [0.5, 0.6) is 0 Å². The van der Waals surface area contributed by atoms with Gasteiger partial charge >= 0.3 is 0 Å². The predicted molar refractivity (Wildman–Crippen MR) is 64.9 cm³/mol. The normalized spacial score (nSPS) is 12.9. The molecule has 0 spiro atoms. The zero-order valence-electron chi connectivity index (χ0n) is 9.01. The average molecular weight is 235 g/mol. The molecule has 16 heavy (non-hydrogen) atoms. The molecule has 1 N–H and O–H groups in total. The van der Waals surface area contributed by atoms with Gasteiger partial charge in [0.1, 0.15) is 0 Å². The summed E-state index contributed by atoms with van der Waals surface area (Å²) in [5.74, 6) is 0.0158. The van der Waals surface area contributed by atoms with Gasteiger partial charge in [-0.1, -0.05) is 12.1 Å². The number of hydrogen-bond acceptors (Lipinski definition) is 4. The van der Waals surface area contributed by atoms with Crippen molar-refractivity contribution < 1.29 is 9.90 Å². The molecular formula is C12H13NO2S. The first-order valence-electron chi connectivity index (χ1n) is 5.23. The van der Waals surface area contributed by atoms with E-state index in [1.54, 1.807) is 6.92 Å². The quantitative estimate of drug-likeness (QED) is 0.829. The van der Waals surface area contributed by atoms with Crippen molar-refractivity contribution >= 4 is 27.3 Å². The first kappa shape index (κ1) is 11.2. The number of thiazole rings is 1. The molecule has 1 aromatic heterocycles. The number of nitrogens with zero attached hydrogens (tertiary/aromatic N) is 1. The molecule has 0 aliphatic carbocycles. The molecule has 0 aliphatic rings. The van der Waals surface area contributed by atoms with E-state index in [1.807, 2.05) is 24.3 Å². The third kappa shape index (κ3) is 2.46. The van der Waals surface area contributed by atoms with E-state index in [4.69, 9.17) is 5.11 Å². The molecule has 3 nitrogen and oxygen atoms in total. The molecule has 2 rings (SSSR count). The summed E-state index contributed by atoms with van der Waals surface area (Å²) >= 11 is 1.41. The Morgan fingerprint density at radius 1 is 1.50 bits per heavy atom. The number of hydrogen-bond donors (Lipinski definition) is 1. The molecule has 0 saturated carbocycles. The van der Waals surface area contributed by atoms with Crippen LogP contribution in [0.15, 0.2) is 24.3 Å². The van der Waals surface area contributed by atoms with Crippen LogP contribution >= 0.6 is 11.3 Å². The standard InChI is InChI=1S/C12H13NO2S/c1-8(14)6-7-10(15)12-13-9-4-2-3-5-11(9)16-12/h2-5,8,14H,6-7H2,1H3/t8-/m0/s1. The number of para-hydroxylation sites is 1. The number of carbonyl (C=O) groups is 1. The lowest BCUT2D eigenvalue weighted by atomic mass is 10.1. The van der Waals surface area contributed by atoms with E-state index in [1.165, 1.54) is 11.3 Å². The molecule has 0 saturated heterocycles. The van der Waals surface area contributed by atoms with Gasteiger partial charge in [-0.05, 0) is 25.5 Å². The monoisotopic (exact) mass is 235 g/mol. The maximum atomic E-state index is 11.8. The lowest BCUT2D eigenvalue weighted by molar-refractivity contribution is 0.0949. The summed E-state index contributed by atoms with van der Waals surface area (Å²) in [6, 6.07) is 7.70. The summed E-state index contributed by atoms with van der Waals surface area (Å²) in [6.45, 7) is 1.69. The minimum Gasteiger partial charge on any atom is -0.393 e. The molecule has 0 fully saturated rings. The Hall–Kier alpha value is -1.26. The van der Waals surface area contributed by atoms with Crippen molar-refractivity contribution in [1.29, 1.82) is 0 Å². The number of benzene rings is 1. The molecule has 4 heteroatoms. The third-order valence-electron chi connectivity index (χ3n) is 2.32. The number of aliphatic hydroxyl groups is 1. The molecular weight excluding hydrogens is 222 g/mol. The van der Waals surface area contributed by atoms with Crippen LogP contribution in [0.2, 0.25) is 0 Å². The average Bonchev–Trinajstić information content (AvgIpc) is 2.69. The molecule has 0 bridgehead atoms. The lowest BCUT2D eigenvalue weighted by Crippen LogP contribution is -2.05. The van der Waals surface area contributed by atoms with Crippen molar-refractivity contribution in [3.05, 3.63) is 29.3 Å². The van der Waals surface area contributed by atoms with Crippen molar-refractivity contribution in [2.24, 2.45) is 0 Å². The Morgan fingerprint density at radius 3 is 2.94 bits per heavy atom. The summed E-state index contributed by atoms with van der Waals surface area (Å²) in [4.78, 5) is 16.0. The van der Waals surface area contributed by atoms with Gasteiger partial charge in [-0.3, -0.25) is 4.79 Å². The van der Waals surface area contributed by atoms with E-state index in [-0.39, 0.29) is 5.78 Å². The van der Waals surface area contributed by atoms with Gasteiger partial charge in [0, 0.05) is 6.42 Å². The maximum Gasteiger partial charge on any atom is 0.191 e. The van der Waals surface area contributed by atoms with E-state index in [2.05, 4.69) is 4.98 Å². The predicted octanol–water partition coefficient (Wildman–Crippen LogP) is 2.64.